The third-order valence-electron chi connectivity index (χ3n) is 6.84. The van der Waals surface area contributed by atoms with Gasteiger partial charge in [-0.25, -0.2) is 0 Å². The monoisotopic (exact) mass is 450 g/mol. The Labute approximate surface area is 197 Å². The molecular formula is C28H50O4. The van der Waals surface area contributed by atoms with Crippen LogP contribution < -0.4 is 0 Å². The smallest absolute Gasteiger partial charge is 0.310 e. The van der Waals surface area contributed by atoms with Gasteiger partial charge in [0.15, 0.2) is 0 Å². The summed E-state index contributed by atoms with van der Waals surface area (Å²) in [5.41, 5.74) is 0. The van der Waals surface area contributed by atoms with Crippen molar-refractivity contribution >= 4 is 11.9 Å². The van der Waals surface area contributed by atoms with Gasteiger partial charge in [-0.3, -0.25) is 9.59 Å². The van der Waals surface area contributed by atoms with Crippen molar-refractivity contribution in [2.24, 2.45) is 11.8 Å². The second-order valence-electron chi connectivity index (χ2n) is 9.73. The van der Waals surface area contributed by atoms with Gasteiger partial charge in [-0.05, 0) is 32.1 Å². The molecule has 1 aliphatic rings. The van der Waals surface area contributed by atoms with Gasteiger partial charge in [-0.15, -0.1) is 0 Å². The molecule has 0 aliphatic heterocycles. The highest BCUT2D eigenvalue weighted by atomic mass is 16.5. The quantitative estimate of drug-likeness (QED) is 0.115. The molecule has 0 saturated carbocycles. The van der Waals surface area contributed by atoms with Gasteiger partial charge in [0.1, 0.15) is 6.10 Å². The third-order valence-corrected chi connectivity index (χ3v) is 6.84. The SMILES string of the molecule is CCCCCCCCCCCCCCCC(CCCC)OC(=O)C1CC=CCC1C(=O)O. The lowest BCUT2D eigenvalue weighted by atomic mass is 9.83. The van der Waals surface area contributed by atoms with Gasteiger partial charge < -0.3 is 9.84 Å². The second kappa shape index (κ2) is 19.2. The van der Waals surface area contributed by atoms with Crippen LogP contribution in [0, 0.1) is 11.8 Å². The number of esters is 1. The molecule has 0 heterocycles. The van der Waals surface area contributed by atoms with Crippen LogP contribution >= 0.6 is 0 Å². The van der Waals surface area contributed by atoms with Crippen molar-refractivity contribution in [3.8, 4) is 0 Å². The van der Waals surface area contributed by atoms with E-state index in [1.807, 2.05) is 12.2 Å². The highest BCUT2D eigenvalue weighted by molar-refractivity contribution is 5.81. The average molecular weight is 451 g/mol. The molecule has 3 unspecified atom stereocenters. The van der Waals surface area contributed by atoms with Crippen molar-refractivity contribution in [3.05, 3.63) is 12.2 Å². The molecule has 0 aromatic rings. The number of carboxylic acid groups (broad SMARTS) is 1. The Balaban J connectivity index is 2.18. The minimum absolute atomic E-state index is 0.0597. The normalized spacial score (nSPS) is 19.1. The first-order valence-corrected chi connectivity index (χ1v) is 13.7. The van der Waals surface area contributed by atoms with Crippen LogP contribution in [0.4, 0.5) is 0 Å². The highest BCUT2D eigenvalue weighted by Crippen LogP contribution is 2.28. The van der Waals surface area contributed by atoms with Crippen molar-refractivity contribution < 1.29 is 19.4 Å². The van der Waals surface area contributed by atoms with Gasteiger partial charge in [-0.2, -0.15) is 0 Å². The van der Waals surface area contributed by atoms with Gasteiger partial charge in [0, 0.05) is 0 Å². The maximum Gasteiger partial charge on any atom is 0.310 e. The minimum atomic E-state index is -0.891. The van der Waals surface area contributed by atoms with Gasteiger partial charge in [0.25, 0.3) is 0 Å². The lowest BCUT2D eigenvalue weighted by Crippen LogP contribution is -2.34. The van der Waals surface area contributed by atoms with Crippen LogP contribution in [0.5, 0.6) is 0 Å². The van der Waals surface area contributed by atoms with Crippen LogP contribution in [0.1, 0.15) is 136 Å². The Morgan fingerprint density at radius 2 is 1.16 bits per heavy atom. The summed E-state index contributed by atoms with van der Waals surface area (Å²) >= 11 is 0. The summed E-state index contributed by atoms with van der Waals surface area (Å²) in [6.07, 6.45) is 25.8. The fourth-order valence-electron chi connectivity index (χ4n) is 4.68. The fourth-order valence-corrected chi connectivity index (χ4v) is 4.68. The lowest BCUT2D eigenvalue weighted by molar-refractivity contribution is -0.162. The molecule has 0 aromatic heterocycles. The maximum atomic E-state index is 12.7. The van der Waals surface area contributed by atoms with Crippen molar-refractivity contribution in [3.63, 3.8) is 0 Å². The average Bonchev–Trinajstić information content (AvgIpc) is 2.80. The number of hydrogen-bond acceptors (Lipinski definition) is 3. The van der Waals surface area contributed by atoms with E-state index in [1.165, 1.54) is 77.0 Å². The molecule has 4 heteroatoms. The molecule has 3 atom stereocenters. The number of allylic oxidation sites excluding steroid dienone is 2. The van der Waals surface area contributed by atoms with Gasteiger partial charge in [0.2, 0.25) is 0 Å². The van der Waals surface area contributed by atoms with E-state index in [2.05, 4.69) is 13.8 Å². The first kappa shape index (κ1) is 28.7. The Morgan fingerprint density at radius 1 is 0.719 bits per heavy atom. The Bertz CT molecular complexity index is 514. The molecular weight excluding hydrogens is 400 g/mol. The number of carboxylic acids is 1. The summed E-state index contributed by atoms with van der Waals surface area (Å²) in [7, 11) is 0. The first-order chi connectivity index (χ1) is 15.6. The van der Waals surface area contributed by atoms with E-state index in [9.17, 15) is 14.7 Å². The zero-order valence-electron chi connectivity index (χ0n) is 21.0. The largest absolute Gasteiger partial charge is 0.481 e. The molecule has 0 radical (unpaired) electrons. The van der Waals surface area contributed by atoms with Crippen LogP contribution in [0.25, 0.3) is 0 Å². The van der Waals surface area contributed by atoms with Crippen molar-refractivity contribution in [1.82, 2.24) is 0 Å². The zero-order valence-corrected chi connectivity index (χ0v) is 21.0. The van der Waals surface area contributed by atoms with Crippen LogP contribution in [-0.2, 0) is 14.3 Å². The van der Waals surface area contributed by atoms with Crippen molar-refractivity contribution in [2.75, 3.05) is 0 Å². The van der Waals surface area contributed by atoms with Crippen LogP contribution in [0.2, 0.25) is 0 Å². The Kier molecular flexibility index (Phi) is 17.2. The molecule has 0 spiro atoms. The predicted molar refractivity (Wildman–Crippen MR) is 133 cm³/mol. The minimum Gasteiger partial charge on any atom is -0.481 e. The van der Waals surface area contributed by atoms with Crippen LogP contribution in [0.3, 0.4) is 0 Å². The molecule has 0 fully saturated rings. The zero-order chi connectivity index (χ0) is 23.4. The van der Waals surface area contributed by atoms with E-state index in [0.717, 1.165) is 32.1 Å². The summed E-state index contributed by atoms with van der Waals surface area (Å²) in [4.78, 5) is 24.2. The number of hydrogen-bond donors (Lipinski definition) is 1. The number of carbonyl (C=O) groups excluding carboxylic acids is 1. The van der Waals surface area contributed by atoms with E-state index >= 15 is 0 Å². The van der Waals surface area contributed by atoms with Crippen LogP contribution in [-0.4, -0.2) is 23.1 Å². The molecule has 186 valence electrons. The Morgan fingerprint density at radius 3 is 1.66 bits per heavy atom. The van der Waals surface area contributed by atoms with E-state index in [0.29, 0.717) is 12.8 Å². The highest BCUT2D eigenvalue weighted by Gasteiger charge is 2.36. The fraction of sp³-hybridized carbons (Fsp3) is 0.857. The van der Waals surface area contributed by atoms with Gasteiger partial charge in [0.05, 0.1) is 11.8 Å². The molecule has 1 N–H and O–H groups in total. The van der Waals surface area contributed by atoms with Crippen LogP contribution in [0.15, 0.2) is 12.2 Å². The van der Waals surface area contributed by atoms with E-state index < -0.39 is 17.8 Å². The molecule has 0 bridgehead atoms. The van der Waals surface area contributed by atoms with Crippen molar-refractivity contribution in [1.29, 1.82) is 0 Å². The summed E-state index contributed by atoms with van der Waals surface area (Å²) in [5, 5.41) is 9.43. The van der Waals surface area contributed by atoms with Gasteiger partial charge in [-0.1, -0.05) is 116 Å². The summed E-state index contributed by atoms with van der Waals surface area (Å²) in [6.45, 7) is 4.42. The van der Waals surface area contributed by atoms with Gasteiger partial charge >= 0.3 is 11.9 Å². The first-order valence-electron chi connectivity index (χ1n) is 13.7. The summed E-state index contributed by atoms with van der Waals surface area (Å²) in [6, 6.07) is 0. The number of unbranched alkanes of at least 4 members (excludes halogenated alkanes) is 13. The molecule has 4 nitrogen and oxygen atoms in total. The lowest BCUT2D eigenvalue weighted by Gasteiger charge is -2.26. The number of rotatable bonds is 20. The van der Waals surface area contributed by atoms with E-state index in [-0.39, 0.29) is 12.1 Å². The predicted octanol–water partition coefficient (Wildman–Crippen LogP) is 8.24. The third kappa shape index (κ3) is 13.3. The molecule has 0 saturated heterocycles. The Hall–Kier alpha value is -1.32. The molecule has 0 aromatic carbocycles. The van der Waals surface area contributed by atoms with E-state index in [4.69, 9.17) is 4.74 Å². The number of carbonyl (C=O) groups is 2. The van der Waals surface area contributed by atoms with Crippen molar-refractivity contribution in [2.45, 2.75) is 142 Å². The number of aliphatic carboxylic acids is 1. The molecule has 32 heavy (non-hydrogen) atoms. The maximum absolute atomic E-state index is 12.7. The standard InChI is InChI=1S/C28H50O4/c1-3-5-7-8-9-10-11-12-13-14-15-16-17-21-24(20-6-4-2)32-28(31)26-23-19-18-22-25(26)27(29)30/h18-19,24-26H,3-17,20-23H2,1-2H3,(H,29,30). The molecule has 0 amide bonds. The number of ether oxygens (including phenoxy) is 1. The topological polar surface area (TPSA) is 63.6 Å². The second-order valence-corrected chi connectivity index (χ2v) is 9.73. The summed E-state index contributed by atoms with van der Waals surface area (Å²) in [5.74, 6) is -2.38. The van der Waals surface area contributed by atoms with E-state index in [1.54, 1.807) is 0 Å². The molecule has 1 rings (SSSR count). The summed E-state index contributed by atoms with van der Waals surface area (Å²) < 4.78 is 5.84. The molecule has 1 aliphatic carbocycles.